The second-order valence-electron chi connectivity index (χ2n) is 3.53. The predicted molar refractivity (Wildman–Crippen MR) is 80.0 cm³/mol. The van der Waals surface area contributed by atoms with Gasteiger partial charge in [0, 0.05) is 22.0 Å². The molecule has 0 aliphatic carbocycles. The van der Waals surface area contributed by atoms with Crippen LogP contribution >= 0.6 is 43.2 Å². The van der Waals surface area contributed by atoms with E-state index in [4.69, 9.17) is 4.74 Å². The van der Waals surface area contributed by atoms with E-state index < -0.39 is 0 Å². The summed E-state index contributed by atoms with van der Waals surface area (Å²) >= 11 is 8.53. The number of hydrogen-bond acceptors (Lipinski definition) is 3. The van der Waals surface area contributed by atoms with E-state index >= 15 is 0 Å². The summed E-state index contributed by atoms with van der Waals surface area (Å²) in [4.78, 5) is 1.17. The number of thiophene rings is 1. The first-order valence-electron chi connectivity index (χ1n) is 5.11. The Morgan fingerprint density at radius 2 is 2.11 bits per heavy atom. The zero-order chi connectivity index (χ0) is 13.1. The number of benzene rings is 1. The van der Waals surface area contributed by atoms with Crippen LogP contribution in [0.4, 0.5) is 10.1 Å². The van der Waals surface area contributed by atoms with Crippen molar-refractivity contribution in [2.75, 3.05) is 12.4 Å². The molecule has 1 heterocycles. The minimum absolute atomic E-state index is 0.306. The van der Waals surface area contributed by atoms with Crippen molar-refractivity contribution in [1.82, 2.24) is 0 Å². The molecule has 0 saturated carbocycles. The van der Waals surface area contributed by atoms with Crippen LogP contribution in [0.15, 0.2) is 32.5 Å². The van der Waals surface area contributed by atoms with Gasteiger partial charge in [-0.25, -0.2) is 4.39 Å². The molecule has 1 aromatic heterocycles. The van der Waals surface area contributed by atoms with E-state index in [2.05, 4.69) is 37.2 Å². The Hall–Kier alpha value is -0.590. The average Bonchev–Trinajstić information content (AvgIpc) is 2.67. The van der Waals surface area contributed by atoms with Gasteiger partial charge in [0.05, 0.1) is 16.6 Å². The molecule has 2 nitrogen and oxygen atoms in total. The first-order chi connectivity index (χ1) is 8.60. The van der Waals surface area contributed by atoms with Gasteiger partial charge in [0.25, 0.3) is 0 Å². The van der Waals surface area contributed by atoms with Crippen molar-refractivity contribution in [2.45, 2.75) is 6.54 Å². The Kier molecular flexibility index (Phi) is 4.64. The summed E-state index contributed by atoms with van der Waals surface area (Å²) in [7, 11) is 1.53. The molecule has 6 heteroatoms. The minimum Gasteiger partial charge on any atom is -0.494 e. The quantitative estimate of drug-likeness (QED) is 0.784. The molecule has 0 atom stereocenters. The molecule has 2 aromatic rings. The summed E-state index contributed by atoms with van der Waals surface area (Å²) in [5.41, 5.74) is 0.777. The van der Waals surface area contributed by atoms with Crippen molar-refractivity contribution in [2.24, 2.45) is 0 Å². The topological polar surface area (TPSA) is 21.3 Å². The highest BCUT2D eigenvalue weighted by atomic mass is 79.9. The molecule has 0 fully saturated rings. The van der Waals surface area contributed by atoms with Crippen LogP contribution in [-0.2, 0) is 6.54 Å². The normalized spacial score (nSPS) is 10.4. The van der Waals surface area contributed by atoms with E-state index in [0.29, 0.717) is 12.3 Å². The summed E-state index contributed by atoms with van der Waals surface area (Å²) in [6.45, 7) is 0.664. The van der Waals surface area contributed by atoms with Gasteiger partial charge < -0.3 is 10.1 Å². The van der Waals surface area contributed by atoms with Crippen molar-refractivity contribution >= 4 is 48.9 Å². The smallest absolute Gasteiger partial charge is 0.144 e. The molecule has 96 valence electrons. The summed E-state index contributed by atoms with van der Waals surface area (Å²) in [5.74, 6) is 0.198. The fraction of sp³-hybridized carbons (Fsp3) is 0.167. The van der Waals surface area contributed by atoms with Crippen LogP contribution < -0.4 is 10.1 Å². The van der Waals surface area contributed by atoms with Crippen LogP contribution in [0.1, 0.15) is 4.88 Å². The maximum atomic E-state index is 13.0. The average molecular weight is 395 g/mol. The lowest BCUT2D eigenvalue weighted by atomic mass is 10.3. The van der Waals surface area contributed by atoms with Crippen molar-refractivity contribution in [3.05, 3.63) is 43.2 Å². The van der Waals surface area contributed by atoms with Gasteiger partial charge in [-0.3, -0.25) is 0 Å². The van der Waals surface area contributed by atoms with Crippen LogP contribution in [0, 0.1) is 5.82 Å². The van der Waals surface area contributed by atoms with Crippen molar-refractivity contribution < 1.29 is 9.13 Å². The standard InChI is InChI=1S/C12H10Br2FNOS/c1-17-11-4-7(15)2-3-10(11)16-6-8-5-9(13)12(14)18-8/h2-5,16H,6H2,1H3. The molecular formula is C12H10Br2FNOS. The number of halogens is 3. The van der Waals surface area contributed by atoms with Gasteiger partial charge in [-0.1, -0.05) is 0 Å². The van der Waals surface area contributed by atoms with E-state index in [1.165, 1.54) is 24.1 Å². The lowest BCUT2D eigenvalue weighted by molar-refractivity contribution is 0.413. The van der Waals surface area contributed by atoms with E-state index in [1.807, 2.05) is 6.07 Å². The molecule has 0 radical (unpaired) electrons. The molecule has 0 saturated heterocycles. The second-order valence-corrected chi connectivity index (χ2v) is 6.84. The van der Waals surface area contributed by atoms with Crippen molar-refractivity contribution in [3.8, 4) is 5.75 Å². The number of ether oxygens (including phenoxy) is 1. The van der Waals surface area contributed by atoms with Crippen LogP contribution in [0.2, 0.25) is 0 Å². The molecule has 0 amide bonds. The molecule has 0 spiro atoms. The van der Waals surface area contributed by atoms with Crippen LogP contribution in [0.3, 0.4) is 0 Å². The van der Waals surface area contributed by atoms with E-state index in [0.717, 1.165) is 13.9 Å². The Bertz CT molecular complexity index is 540. The molecule has 1 N–H and O–H groups in total. The third kappa shape index (κ3) is 3.24. The van der Waals surface area contributed by atoms with Gasteiger partial charge in [-0.15, -0.1) is 11.3 Å². The van der Waals surface area contributed by atoms with Gasteiger partial charge in [-0.2, -0.15) is 0 Å². The van der Waals surface area contributed by atoms with E-state index in [9.17, 15) is 4.39 Å². The van der Waals surface area contributed by atoms with Gasteiger partial charge >= 0.3 is 0 Å². The second kappa shape index (κ2) is 6.04. The first kappa shape index (κ1) is 13.8. The molecule has 2 rings (SSSR count). The lowest BCUT2D eigenvalue weighted by Crippen LogP contribution is -2.00. The SMILES string of the molecule is COc1cc(F)ccc1NCc1cc(Br)c(Br)s1. The molecule has 0 bridgehead atoms. The van der Waals surface area contributed by atoms with Crippen LogP contribution in [0.5, 0.6) is 5.75 Å². The van der Waals surface area contributed by atoms with Gasteiger partial charge in [0.1, 0.15) is 11.6 Å². The van der Waals surface area contributed by atoms with Crippen molar-refractivity contribution in [3.63, 3.8) is 0 Å². The third-order valence-electron chi connectivity index (χ3n) is 2.31. The van der Waals surface area contributed by atoms with Crippen LogP contribution in [0.25, 0.3) is 0 Å². The van der Waals surface area contributed by atoms with E-state index in [1.54, 1.807) is 17.4 Å². The van der Waals surface area contributed by atoms with Crippen molar-refractivity contribution in [1.29, 1.82) is 0 Å². The molecule has 0 aliphatic heterocycles. The molecule has 1 aromatic carbocycles. The lowest BCUT2D eigenvalue weighted by Gasteiger charge is -2.10. The highest BCUT2D eigenvalue weighted by molar-refractivity contribution is 9.13. The van der Waals surface area contributed by atoms with Gasteiger partial charge in [0.2, 0.25) is 0 Å². The first-order valence-corrected chi connectivity index (χ1v) is 7.51. The molecular weight excluding hydrogens is 385 g/mol. The summed E-state index contributed by atoms with van der Waals surface area (Å²) in [6, 6.07) is 6.48. The molecule has 0 aliphatic rings. The number of hydrogen-bond donors (Lipinski definition) is 1. The predicted octanol–water partition coefficient (Wildman–Crippen LogP) is 5.03. The maximum absolute atomic E-state index is 13.0. The number of nitrogens with one attached hydrogen (secondary N) is 1. The minimum atomic E-state index is -0.306. The molecule has 0 unspecified atom stereocenters. The number of rotatable bonds is 4. The third-order valence-corrected chi connectivity index (χ3v) is 5.57. The summed E-state index contributed by atoms with van der Waals surface area (Å²) in [5, 5.41) is 3.23. The summed E-state index contributed by atoms with van der Waals surface area (Å²) < 4.78 is 20.3. The largest absolute Gasteiger partial charge is 0.494 e. The van der Waals surface area contributed by atoms with Crippen LogP contribution in [-0.4, -0.2) is 7.11 Å². The Labute approximate surface area is 125 Å². The maximum Gasteiger partial charge on any atom is 0.144 e. The number of methoxy groups -OCH3 is 1. The van der Waals surface area contributed by atoms with E-state index in [-0.39, 0.29) is 5.82 Å². The monoisotopic (exact) mass is 393 g/mol. The zero-order valence-corrected chi connectivity index (χ0v) is 13.5. The number of anilines is 1. The fourth-order valence-corrected chi connectivity index (χ4v) is 3.59. The molecule has 18 heavy (non-hydrogen) atoms. The Morgan fingerprint density at radius 1 is 1.33 bits per heavy atom. The fourth-order valence-electron chi connectivity index (χ4n) is 1.47. The highest BCUT2D eigenvalue weighted by Gasteiger charge is 2.07. The van der Waals surface area contributed by atoms with Gasteiger partial charge in [0.15, 0.2) is 0 Å². The highest BCUT2D eigenvalue weighted by Crippen LogP contribution is 2.33. The zero-order valence-electron chi connectivity index (χ0n) is 9.47. The Morgan fingerprint density at radius 3 is 2.72 bits per heavy atom. The van der Waals surface area contributed by atoms with Gasteiger partial charge in [-0.05, 0) is 50.1 Å². The summed E-state index contributed by atoms with van der Waals surface area (Å²) in [6.07, 6.45) is 0. The Balaban J connectivity index is 2.10.